The Morgan fingerprint density at radius 3 is 2.12 bits per heavy atom. The number of halogens is 1. The van der Waals surface area contributed by atoms with Gasteiger partial charge in [0.1, 0.15) is 16.4 Å². The van der Waals surface area contributed by atoms with E-state index in [9.17, 15) is 19.2 Å². The molecule has 3 aliphatic rings. The summed E-state index contributed by atoms with van der Waals surface area (Å²) in [6.07, 6.45) is 3.53. The Hall–Kier alpha value is -3.77. The number of fused-ring (bicyclic) bond motifs is 4. The molecular weight excluding hydrogens is 444 g/mol. The van der Waals surface area contributed by atoms with Crippen LogP contribution >= 0.6 is 11.6 Å². The van der Waals surface area contributed by atoms with E-state index in [0.717, 1.165) is 0 Å². The number of hydrogen-bond acceptors (Lipinski definition) is 6. The van der Waals surface area contributed by atoms with Gasteiger partial charge in [-0.3, -0.25) is 19.2 Å². The molecule has 1 heterocycles. The average molecular weight is 461 g/mol. The molecular formula is C26H17ClO6. The first-order valence-electron chi connectivity index (χ1n) is 10.2. The quantitative estimate of drug-likeness (QED) is 0.644. The number of hydrogen-bond donors (Lipinski definition) is 0. The lowest BCUT2D eigenvalue weighted by atomic mass is 9.77. The molecule has 0 bridgehead atoms. The van der Waals surface area contributed by atoms with E-state index in [2.05, 4.69) is 0 Å². The summed E-state index contributed by atoms with van der Waals surface area (Å²) < 4.78 is 11.3. The van der Waals surface area contributed by atoms with Gasteiger partial charge >= 0.3 is 0 Å². The number of ketones is 4. The highest BCUT2D eigenvalue weighted by Gasteiger charge is 2.43. The Labute approximate surface area is 194 Å². The van der Waals surface area contributed by atoms with Crippen LogP contribution in [0.3, 0.4) is 0 Å². The lowest BCUT2D eigenvalue weighted by molar-refractivity contribution is 0.0899. The third-order valence-electron chi connectivity index (χ3n) is 5.88. The molecule has 7 heteroatoms. The van der Waals surface area contributed by atoms with Gasteiger partial charge in [-0.05, 0) is 32.1 Å². The maximum Gasteiger partial charge on any atom is 0.229 e. The van der Waals surface area contributed by atoms with Crippen molar-refractivity contribution in [3.05, 3.63) is 92.2 Å². The number of methoxy groups -OCH3 is 1. The third kappa shape index (κ3) is 2.94. The monoisotopic (exact) mass is 460 g/mol. The van der Waals surface area contributed by atoms with Gasteiger partial charge < -0.3 is 9.47 Å². The Bertz CT molecular complexity index is 1420. The topological polar surface area (TPSA) is 86.7 Å². The molecule has 2 aromatic rings. The largest absolute Gasteiger partial charge is 0.492 e. The molecule has 0 atom stereocenters. The van der Waals surface area contributed by atoms with E-state index >= 15 is 0 Å². The van der Waals surface area contributed by atoms with Crippen molar-refractivity contribution < 1.29 is 28.7 Å². The zero-order valence-corrected chi connectivity index (χ0v) is 18.7. The van der Waals surface area contributed by atoms with E-state index in [-0.39, 0.29) is 39.2 Å². The third-order valence-corrected chi connectivity index (χ3v) is 6.24. The molecule has 33 heavy (non-hydrogen) atoms. The Morgan fingerprint density at radius 2 is 1.45 bits per heavy atom. The first-order chi connectivity index (χ1) is 15.7. The summed E-state index contributed by atoms with van der Waals surface area (Å²) in [5, 5.41) is -0.421. The molecule has 164 valence electrons. The molecule has 2 aromatic carbocycles. The van der Waals surface area contributed by atoms with Crippen molar-refractivity contribution in [3.8, 4) is 5.75 Å². The molecule has 5 rings (SSSR count). The summed E-state index contributed by atoms with van der Waals surface area (Å²) in [4.78, 5) is 53.4. The van der Waals surface area contributed by atoms with Crippen LogP contribution in [-0.2, 0) is 4.74 Å². The number of rotatable bonds is 2. The van der Waals surface area contributed by atoms with Gasteiger partial charge in [0.2, 0.25) is 11.6 Å². The fraction of sp³-hybridized carbons (Fsp3) is 0.154. The van der Waals surface area contributed by atoms with Crippen LogP contribution in [0.25, 0.3) is 6.08 Å². The van der Waals surface area contributed by atoms with Crippen molar-refractivity contribution in [2.75, 3.05) is 7.11 Å². The predicted octanol–water partition coefficient (Wildman–Crippen LogP) is 4.72. The Morgan fingerprint density at radius 1 is 0.818 bits per heavy atom. The summed E-state index contributed by atoms with van der Waals surface area (Å²) in [5.74, 6) is -2.32. The molecule has 0 radical (unpaired) electrons. The van der Waals surface area contributed by atoms with Crippen LogP contribution in [0.4, 0.5) is 0 Å². The highest BCUT2D eigenvalue weighted by atomic mass is 35.5. The van der Waals surface area contributed by atoms with Gasteiger partial charge in [-0.25, -0.2) is 0 Å². The molecule has 2 aliphatic carbocycles. The number of benzene rings is 2. The van der Waals surface area contributed by atoms with Crippen LogP contribution in [0.1, 0.15) is 60.8 Å². The lowest BCUT2D eigenvalue weighted by Crippen LogP contribution is -2.32. The van der Waals surface area contributed by atoms with Gasteiger partial charge in [-0.15, -0.1) is 0 Å². The van der Waals surface area contributed by atoms with E-state index in [0.29, 0.717) is 11.3 Å². The van der Waals surface area contributed by atoms with E-state index in [1.54, 1.807) is 30.4 Å². The maximum absolute atomic E-state index is 13.6. The van der Waals surface area contributed by atoms with E-state index in [4.69, 9.17) is 21.1 Å². The summed E-state index contributed by atoms with van der Waals surface area (Å²) >= 11 is 6.32. The second kappa shape index (κ2) is 7.12. The van der Waals surface area contributed by atoms with Gasteiger partial charge in [0, 0.05) is 27.8 Å². The van der Waals surface area contributed by atoms with Crippen molar-refractivity contribution in [2.45, 2.75) is 19.4 Å². The Kier molecular flexibility index (Phi) is 4.55. The first kappa shape index (κ1) is 21.1. The number of Topliss-reactive ketones (excluding diaryl/α,β-unsaturated/α-hetero) is 4. The molecule has 0 N–H and O–H groups in total. The van der Waals surface area contributed by atoms with Crippen molar-refractivity contribution in [1.82, 2.24) is 0 Å². The van der Waals surface area contributed by atoms with Crippen molar-refractivity contribution in [1.29, 1.82) is 0 Å². The van der Waals surface area contributed by atoms with Crippen LogP contribution in [0.5, 0.6) is 5.75 Å². The normalized spacial score (nSPS) is 18.7. The second-order valence-corrected chi connectivity index (χ2v) is 8.78. The van der Waals surface area contributed by atoms with Gasteiger partial charge in [0.05, 0.1) is 18.3 Å². The SMILES string of the molecule is COC1=C(C2=C(Cl)C(=O)c3ccccc3C2=O)C(=O)c2ccc3c(c2C1=O)C=CC(C)(C)O3. The van der Waals surface area contributed by atoms with Gasteiger partial charge in [0.25, 0.3) is 0 Å². The fourth-order valence-electron chi connectivity index (χ4n) is 4.35. The van der Waals surface area contributed by atoms with E-state index in [1.807, 2.05) is 13.8 Å². The molecule has 0 saturated heterocycles. The molecule has 0 aromatic heterocycles. The first-order valence-corrected chi connectivity index (χ1v) is 10.6. The molecule has 0 amide bonds. The van der Waals surface area contributed by atoms with Crippen molar-refractivity contribution in [2.24, 2.45) is 0 Å². The zero-order chi connectivity index (χ0) is 23.7. The van der Waals surface area contributed by atoms with Crippen LogP contribution < -0.4 is 4.74 Å². The fourth-order valence-corrected chi connectivity index (χ4v) is 4.63. The molecule has 0 fully saturated rings. The predicted molar refractivity (Wildman–Crippen MR) is 121 cm³/mol. The minimum atomic E-state index is -0.629. The molecule has 6 nitrogen and oxygen atoms in total. The number of ether oxygens (including phenoxy) is 2. The minimum absolute atomic E-state index is 0.0820. The summed E-state index contributed by atoms with van der Waals surface area (Å²) in [7, 11) is 1.23. The van der Waals surface area contributed by atoms with Crippen LogP contribution in [0.2, 0.25) is 0 Å². The van der Waals surface area contributed by atoms with Gasteiger partial charge in [0.15, 0.2) is 17.3 Å². The molecule has 1 aliphatic heterocycles. The summed E-state index contributed by atoms with van der Waals surface area (Å²) in [6, 6.07) is 9.28. The number of allylic oxidation sites excluding steroid dienone is 4. The second-order valence-electron chi connectivity index (χ2n) is 8.40. The zero-order valence-electron chi connectivity index (χ0n) is 17.9. The summed E-state index contributed by atoms with van der Waals surface area (Å²) in [5.41, 5.74) is -0.301. The van der Waals surface area contributed by atoms with Crippen LogP contribution in [0, 0.1) is 0 Å². The van der Waals surface area contributed by atoms with E-state index < -0.39 is 33.8 Å². The Balaban J connectivity index is 1.74. The average Bonchev–Trinajstić information content (AvgIpc) is 2.79. The van der Waals surface area contributed by atoms with Gasteiger partial charge in [-0.2, -0.15) is 0 Å². The highest BCUT2D eigenvalue weighted by Crippen LogP contribution is 2.42. The standard InChI is InChI=1S/C26H17ClO6/c1-26(2)11-10-14-16(33-26)9-8-15-17(14)24(31)25(32-3)19(22(15)29)18-20(27)23(30)13-7-5-4-6-12(13)21(18)28/h4-11H,1-3H3. The molecule has 0 saturated carbocycles. The highest BCUT2D eigenvalue weighted by molar-refractivity contribution is 6.52. The molecule has 0 spiro atoms. The van der Waals surface area contributed by atoms with E-state index in [1.165, 1.54) is 25.3 Å². The maximum atomic E-state index is 13.6. The summed E-state index contributed by atoms with van der Waals surface area (Å²) in [6.45, 7) is 3.74. The van der Waals surface area contributed by atoms with Crippen molar-refractivity contribution in [3.63, 3.8) is 0 Å². The lowest BCUT2D eigenvalue weighted by Gasteiger charge is -2.31. The van der Waals surface area contributed by atoms with Crippen molar-refractivity contribution >= 4 is 40.8 Å². The minimum Gasteiger partial charge on any atom is -0.492 e. The smallest absolute Gasteiger partial charge is 0.229 e. The number of carbonyl (C=O) groups is 4. The molecule has 0 unspecified atom stereocenters. The van der Waals surface area contributed by atoms with Gasteiger partial charge in [-0.1, -0.05) is 41.9 Å². The van der Waals surface area contributed by atoms with Crippen LogP contribution in [-0.4, -0.2) is 35.8 Å². The van der Waals surface area contributed by atoms with Crippen LogP contribution in [0.15, 0.2) is 64.4 Å². The number of carbonyl (C=O) groups excluding carboxylic acids is 4.